The largest absolute Gasteiger partial charge is 0.491 e. The molecular weight excluding hydrogens is 472 g/mol. The quantitative estimate of drug-likeness (QED) is 0.321. The molecule has 0 N–H and O–H groups in total. The highest BCUT2D eigenvalue weighted by Crippen LogP contribution is 2.34. The Labute approximate surface area is 214 Å². The first-order chi connectivity index (χ1) is 17.6. The van der Waals surface area contributed by atoms with Gasteiger partial charge in [-0.3, -0.25) is 9.59 Å². The summed E-state index contributed by atoms with van der Waals surface area (Å²) in [5.74, 6) is 1.08. The van der Waals surface area contributed by atoms with Crippen LogP contribution in [0.25, 0.3) is 0 Å². The van der Waals surface area contributed by atoms with Crippen molar-refractivity contribution in [2.75, 3.05) is 19.7 Å². The molecule has 3 heterocycles. The van der Waals surface area contributed by atoms with Crippen LogP contribution < -0.4 is 4.74 Å². The van der Waals surface area contributed by atoms with E-state index in [1.54, 1.807) is 40.7 Å². The molecule has 1 atom stereocenters. The van der Waals surface area contributed by atoms with Crippen molar-refractivity contribution in [2.24, 2.45) is 0 Å². The molecule has 0 saturated carbocycles. The standard InChI is InChI=1S/C29H28N2O4S/c1-21-9-11-23(12-10-21)35-20-26-25-14-17-36-27(25)13-15-31(26)28(32)19-30(18-24-8-5-16-34-24)29(33)22-6-3-2-4-7-22/h2-12,14,16-17,26H,13,15,18-20H2,1H3/t26-/m1/s1. The number of rotatable bonds is 8. The van der Waals surface area contributed by atoms with Gasteiger partial charge in [0.1, 0.15) is 24.7 Å². The summed E-state index contributed by atoms with van der Waals surface area (Å²) in [6.45, 7) is 3.14. The van der Waals surface area contributed by atoms with Crippen LogP contribution in [0, 0.1) is 6.92 Å². The summed E-state index contributed by atoms with van der Waals surface area (Å²) in [7, 11) is 0. The highest BCUT2D eigenvalue weighted by molar-refractivity contribution is 7.10. The molecule has 0 bridgehead atoms. The molecule has 2 aromatic carbocycles. The number of nitrogens with zero attached hydrogens (tertiary/aromatic N) is 2. The Bertz CT molecular complexity index is 1300. The summed E-state index contributed by atoms with van der Waals surface area (Å²) in [5.41, 5.74) is 2.82. The van der Waals surface area contributed by atoms with Gasteiger partial charge < -0.3 is 19.0 Å². The smallest absolute Gasteiger partial charge is 0.254 e. The van der Waals surface area contributed by atoms with E-state index < -0.39 is 0 Å². The molecule has 7 heteroatoms. The third-order valence-corrected chi connectivity index (χ3v) is 7.40. The number of ether oxygens (including phenoxy) is 1. The number of amides is 2. The second-order valence-corrected chi connectivity index (χ2v) is 9.88. The number of carbonyl (C=O) groups is 2. The number of benzene rings is 2. The van der Waals surface area contributed by atoms with E-state index in [-0.39, 0.29) is 30.9 Å². The summed E-state index contributed by atoms with van der Waals surface area (Å²) in [4.78, 5) is 31.8. The van der Waals surface area contributed by atoms with Gasteiger partial charge in [-0.2, -0.15) is 0 Å². The third kappa shape index (κ3) is 5.36. The Morgan fingerprint density at radius 2 is 1.86 bits per heavy atom. The maximum atomic E-state index is 13.7. The van der Waals surface area contributed by atoms with Crippen LogP contribution in [-0.2, 0) is 17.8 Å². The lowest BCUT2D eigenvalue weighted by atomic mass is 10.0. The number of fused-ring (bicyclic) bond motifs is 1. The van der Waals surface area contributed by atoms with E-state index in [2.05, 4.69) is 11.4 Å². The van der Waals surface area contributed by atoms with Crippen LogP contribution in [-0.4, -0.2) is 41.3 Å². The summed E-state index contributed by atoms with van der Waals surface area (Å²) in [6, 6.07) is 22.4. The van der Waals surface area contributed by atoms with Crippen LogP contribution in [0.15, 0.2) is 88.9 Å². The van der Waals surface area contributed by atoms with Crippen LogP contribution in [0.1, 0.15) is 38.2 Å². The summed E-state index contributed by atoms with van der Waals surface area (Å²) < 4.78 is 11.6. The lowest BCUT2D eigenvalue weighted by Gasteiger charge is -2.37. The molecule has 0 spiro atoms. The zero-order chi connectivity index (χ0) is 24.9. The predicted molar refractivity (Wildman–Crippen MR) is 139 cm³/mol. The minimum atomic E-state index is -0.217. The van der Waals surface area contributed by atoms with Crippen molar-refractivity contribution in [2.45, 2.75) is 25.9 Å². The summed E-state index contributed by atoms with van der Waals surface area (Å²) >= 11 is 1.71. The second kappa shape index (κ2) is 10.8. The van der Waals surface area contributed by atoms with Gasteiger partial charge in [-0.15, -0.1) is 11.3 Å². The van der Waals surface area contributed by atoms with Gasteiger partial charge in [-0.25, -0.2) is 0 Å². The van der Waals surface area contributed by atoms with Crippen molar-refractivity contribution in [1.29, 1.82) is 0 Å². The molecule has 6 nitrogen and oxygen atoms in total. The fraction of sp³-hybridized carbons (Fsp3) is 0.241. The Morgan fingerprint density at radius 3 is 2.61 bits per heavy atom. The number of hydrogen-bond acceptors (Lipinski definition) is 5. The molecule has 0 saturated heterocycles. The zero-order valence-corrected chi connectivity index (χ0v) is 20.9. The number of thiophene rings is 1. The van der Waals surface area contributed by atoms with Gasteiger partial charge in [0, 0.05) is 17.0 Å². The van der Waals surface area contributed by atoms with Crippen molar-refractivity contribution >= 4 is 23.2 Å². The molecule has 0 aliphatic carbocycles. The normalized spacial score (nSPS) is 14.8. The second-order valence-electron chi connectivity index (χ2n) is 8.88. The van der Waals surface area contributed by atoms with Gasteiger partial charge in [0.2, 0.25) is 5.91 Å². The van der Waals surface area contributed by atoms with E-state index in [9.17, 15) is 9.59 Å². The van der Waals surface area contributed by atoms with Crippen molar-refractivity contribution in [3.05, 3.63) is 112 Å². The maximum Gasteiger partial charge on any atom is 0.254 e. The van der Waals surface area contributed by atoms with Gasteiger partial charge in [0.25, 0.3) is 5.91 Å². The first-order valence-corrected chi connectivity index (χ1v) is 12.9. The molecule has 0 unspecified atom stereocenters. The van der Waals surface area contributed by atoms with Crippen molar-refractivity contribution in [3.8, 4) is 5.75 Å². The Hall–Kier alpha value is -3.84. The maximum absolute atomic E-state index is 13.7. The minimum Gasteiger partial charge on any atom is -0.491 e. The fourth-order valence-corrected chi connectivity index (χ4v) is 5.42. The minimum absolute atomic E-state index is 0.0467. The third-order valence-electron chi connectivity index (χ3n) is 6.40. The summed E-state index contributed by atoms with van der Waals surface area (Å²) in [5, 5.41) is 2.07. The first-order valence-electron chi connectivity index (χ1n) is 12.0. The molecule has 4 aromatic rings. The lowest BCUT2D eigenvalue weighted by molar-refractivity contribution is -0.135. The number of hydrogen-bond donors (Lipinski definition) is 0. The topological polar surface area (TPSA) is 63.0 Å². The van der Waals surface area contributed by atoms with E-state index in [1.165, 1.54) is 4.88 Å². The van der Waals surface area contributed by atoms with Gasteiger partial charge in [0.15, 0.2) is 0 Å². The van der Waals surface area contributed by atoms with Crippen LogP contribution in [0.2, 0.25) is 0 Å². The van der Waals surface area contributed by atoms with E-state index in [4.69, 9.17) is 9.15 Å². The molecular formula is C29H28N2O4S. The molecule has 1 aliphatic rings. The fourth-order valence-electron chi connectivity index (χ4n) is 4.49. The van der Waals surface area contributed by atoms with Crippen molar-refractivity contribution in [3.63, 3.8) is 0 Å². The van der Waals surface area contributed by atoms with E-state index in [1.807, 2.05) is 60.4 Å². The van der Waals surface area contributed by atoms with Gasteiger partial charge in [-0.1, -0.05) is 35.9 Å². The average molecular weight is 501 g/mol. The van der Waals surface area contributed by atoms with Crippen LogP contribution in [0.5, 0.6) is 5.75 Å². The van der Waals surface area contributed by atoms with Gasteiger partial charge in [-0.05, 0) is 66.8 Å². The highest BCUT2D eigenvalue weighted by Gasteiger charge is 2.34. The highest BCUT2D eigenvalue weighted by atomic mass is 32.1. The molecule has 184 valence electrons. The predicted octanol–water partition coefficient (Wildman–Crippen LogP) is 5.50. The molecule has 36 heavy (non-hydrogen) atoms. The number of carbonyl (C=O) groups excluding carboxylic acids is 2. The van der Waals surface area contributed by atoms with Gasteiger partial charge in [0.05, 0.1) is 18.8 Å². The van der Waals surface area contributed by atoms with E-state index in [0.717, 1.165) is 23.3 Å². The van der Waals surface area contributed by atoms with Crippen LogP contribution in [0.4, 0.5) is 0 Å². The number of furan rings is 1. The van der Waals surface area contributed by atoms with Crippen molar-refractivity contribution in [1.82, 2.24) is 9.80 Å². The first kappa shape index (κ1) is 23.9. The molecule has 0 fully saturated rings. The van der Waals surface area contributed by atoms with E-state index >= 15 is 0 Å². The Morgan fingerprint density at radius 1 is 1.06 bits per heavy atom. The van der Waals surface area contributed by atoms with Crippen molar-refractivity contribution < 1.29 is 18.7 Å². The number of aryl methyl sites for hydroxylation is 1. The zero-order valence-electron chi connectivity index (χ0n) is 20.1. The van der Waals surface area contributed by atoms with Crippen LogP contribution in [0.3, 0.4) is 0 Å². The Kier molecular flexibility index (Phi) is 7.18. The molecule has 0 radical (unpaired) electrons. The lowest BCUT2D eigenvalue weighted by Crippen LogP contribution is -2.47. The molecule has 5 rings (SSSR count). The monoisotopic (exact) mass is 500 g/mol. The van der Waals surface area contributed by atoms with Crippen LogP contribution >= 0.6 is 11.3 Å². The average Bonchev–Trinajstić information content (AvgIpc) is 3.60. The molecule has 2 aromatic heterocycles. The Balaban J connectivity index is 1.36. The summed E-state index contributed by atoms with van der Waals surface area (Å²) in [6.07, 6.45) is 2.37. The SMILES string of the molecule is Cc1ccc(OC[C@@H]2c3ccsc3CCN2C(=O)CN(Cc2ccco2)C(=O)c2ccccc2)cc1. The molecule has 1 aliphatic heterocycles. The van der Waals surface area contributed by atoms with Gasteiger partial charge >= 0.3 is 0 Å². The molecule has 2 amide bonds. The van der Waals surface area contributed by atoms with E-state index in [0.29, 0.717) is 24.5 Å².